The number of unbranched alkanes of at least 4 members (excludes halogenated alkanes) is 2. The smallest absolute Gasteiger partial charge is 0.303 e. The van der Waals surface area contributed by atoms with Crippen molar-refractivity contribution in [2.24, 2.45) is 11.8 Å². The predicted molar refractivity (Wildman–Crippen MR) is 102 cm³/mol. The third-order valence-electron chi connectivity index (χ3n) is 5.08. The van der Waals surface area contributed by atoms with Gasteiger partial charge in [0.1, 0.15) is 6.17 Å². The molecule has 0 amide bonds. The van der Waals surface area contributed by atoms with Crippen LogP contribution in [0, 0.1) is 11.8 Å². The van der Waals surface area contributed by atoms with E-state index in [0.29, 0.717) is 32.1 Å². The molecule has 1 saturated carbocycles. The lowest BCUT2D eigenvalue weighted by Gasteiger charge is -2.17. The molecule has 5 atom stereocenters. The van der Waals surface area contributed by atoms with Crippen molar-refractivity contribution in [3.8, 4) is 0 Å². The Labute approximate surface area is 156 Å². The van der Waals surface area contributed by atoms with E-state index in [2.05, 4.69) is 0 Å². The standard InChI is InChI=1S/C21H35FO4/c1-16(23)8-6-7-9-18(24)14-12-17-13-15-20(22)19(17)10-4-2-3-5-11-21(25)26/h2,4,12,14,16-20,23-24H,3,5-11,13,15H2,1H3,(H,25,26)/b4-2-,14-12+/t16-,17-,18?,19?,20+/m0/s1. The Morgan fingerprint density at radius 1 is 1.15 bits per heavy atom. The molecule has 4 nitrogen and oxygen atoms in total. The summed E-state index contributed by atoms with van der Waals surface area (Å²) in [5.41, 5.74) is 0. The first kappa shape index (κ1) is 22.8. The maximum absolute atomic E-state index is 14.1. The minimum absolute atomic E-state index is 0.0515. The minimum Gasteiger partial charge on any atom is -0.481 e. The average molecular weight is 371 g/mol. The number of hydrogen-bond acceptors (Lipinski definition) is 3. The van der Waals surface area contributed by atoms with Gasteiger partial charge < -0.3 is 15.3 Å². The van der Waals surface area contributed by atoms with Crippen molar-refractivity contribution in [2.45, 2.75) is 89.5 Å². The maximum Gasteiger partial charge on any atom is 0.303 e. The molecule has 26 heavy (non-hydrogen) atoms. The zero-order valence-corrected chi connectivity index (χ0v) is 15.9. The number of carboxylic acid groups (broad SMARTS) is 1. The van der Waals surface area contributed by atoms with Gasteiger partial charge >= 0.3 is 5.97 Å². The van der Waals surface area contributed by atoms with Crippen LogP contribution in [0.15, 0.2) is 24.3 Å². The molecule has 1 aliphatic rings. The summed E-state index contributed by atoms with van der Waals surface area (Å²) in [6.45, 7) is 1.77. The van der Waals surface area contributed by atoms with Crippen molar-refractivity contribution in [3.05, 3.63) is 24.3 Å². The van der Waals surface area contributed by atoms with E-state index < -0.39 is 18.2 Å². The summed E-state index contributed by atoms with van der Waals surface area (Å²) in [5.74, 6) is -0.683. The molecule has 1 fully saturated rings. The summed E-state index contributed by atoms with van der Waals surface area (Å²) >= 11 is 0. The second kappa shape index (κ2) is 13.0. The van der Waals surface area contributed by atoms with Gasteiger partial charge in [-0.05, 0) is 63.7 Å². The lowest BCUT2D eigenvalue weighted by Crippen LogP contribution is -2.14. The first-order valence-corrected chi connectivity index (χ1v) is 9.95. The third-order valence-corrected chi connectivity index (χ3v) is 5.08. The predicted octanol–water partition coefficient (Wildman–Crippen LogP) is 4.41. The van der Waals surface area contributed by atoms with Gasteiger partial charge in [0, 0.05) is 6.42 Å². The van der Waals surface area contributed by atoms with Gasteiger partial charge in [-0.25, -0.2) is 4.39 Å². The summed E-state index contributed by atoms with van der Waals surface area (Å²) < 4.78 is 14.1. The molecule has 0 saturated heterocycles. The summed E-state index contributed by atoms with van der Waals surface area (Å²) in [5, 5.41) is 27.9. The number of alkyl halides is 1. The fourth-order valence-corrected chi connectivity index (χ4v) is 3.51. The Morgan fingerprint density at radius 3 is 2.58 bits per heavy atom. The lowest BCUT2D eigenvalue weighted by molar-refractivity contribution is -0.137. The summed E-state index contributed by atoms with van der Waals surface area (Å²) in [4.78, 5) is 10.5. The number of allylic oxidation sites excluding steroid dienone is 3. The second-order valence-corrected chi connectivity index (χ2v) is 7.50. The Bertz CT molecular complexity index is 447. The molecule has 150 valence electrons. The average Bonchev–Trinajstić information content (AvgIpc) is 2.92. The van der Waals surface area contributed by atoms with Crippen LogP contribution in [-0.4, -0.2) is 39.7 Å². The Hall–Kier alpha value is -1.20. The van der Waals surface area contributed by atoms with Gasteiger partial charge in [-0.1, -0.05) is 37.1 Å². The molecule has 0 radical (unpaired) electrons. The van der Waals surface area contributed by atoms with Gasteiger partial charge in [-0.15, -0.1) is 0 Å². The first-order chi connectivity index (χ1) is 12.4. The molecule has 1 rings (SSSR count). The molecule has 0 heterocycles. The van der Waals surface area contributed by atoms with Crippen molar-refractivity contribution in [2.75, 3.05) is 0 Å². The van der Waals surface area contributed by atoms with Crippen LogP contribution < -0.4 is 0 Å². The van der Waals surface area contributed by atoms with E-state index >= 15 is 0 Å². The number of hydrogen-bond donors (Lipinski definition) is 3. The quantitative estimate of drug-likeness (QED) is 0.331. The zero-order chi connectivity index (χ0) is 19.4. The summed E-state index contributed by atoms with van der Waals surface area (Å²) in [6.07, 6.45) is 12.8. The number of carbonyl (C=O) groups is 1. The number of halogens is 1. The molecule has 0 spiro atoms. The van der Waals surface area contributed by atoms with Crippen LogP contribution in [-0.2, 0) is 4.79 Å². The van der Waals surface area contributed by atoms with Crippen LogP contribution in [0.4, 0.5) is 4.39 Å². The molecular weight excluding hydrogens is 335 g/mol. The van der Waals surface area contributed by atoms with E-state index in [9.17, 15) is 19.4 Å². The Kier molecular flexibility index (Phi) is 11.5. The second-order valence-electron chi connectivity index (χ2n) is 7.50. The topological polar surface area (TPSA) is 77.8 Å². The van der Waals surface area contributed by atoms with Gasteiger partial charge in [0.2, 0.25) is 0 Å². The van der Waals surface area contributed by atoms with Crippen LogP contribution in [0.3, 0.4) is 0 Å². The van der Waals surface area contributed by atoms with Crippen molar-refractivity contribution in [1.29, 1.82) is 0 Å². The molecule has 0 aromatic carbocycles. The molecule has 5 heteroatoms. The van der Waals surface area contributed by atoms with Crippen LogP contribution in [0.5, 0.6) is 0 Å². The van der Waals surface area contributed by atoms with Crippen LogP contribution in [0.1, 0.15) is 71.1 Å². The number of aliphatic carboxylic acids is 1. The highest BCUT2D eigenvalue weighted by Gasteiger charge is 2.33. The molecule has 1 aliphatic carbocycles. The Balaban J connectivity index is 2.32. The van der Waals surface area contributed by atoms with Gasteiger partial charge in [-0.3, -0.25) is 4.79 Å². The van der Waals surface area contributed by atoms with Crippen molar-refractivity contribution in [1.82, 2.24) is 0 Å². The van der Waals surface area contributed by atoms with E-state index in [0.717, 1.165) is 25.7 Å². The molecule has 3 N–H and O–H groups in total. The van der Waals surface area contributed by atoms with Crippen LogP contribution in [0.2, 0.25) is 0 Å². The van der Waals surface area contributed by atoms with Gasteiger partial charge in [0.25, 0.3) is 0 Å². The zero-order valence-electron chi connectivity index (χ0n) is 15.9. The SMILES string of the molecule is C[C@H](O)CCCCC(O)/C=C/[C@H]1CC[C@@H](F)C1C/C=C\CCCC(=O)O. The normalized spacial score (nSPS) is 25.9. The van der Waals surface area contributed by atoms with Gasteiger partial charge in [-0.2, -0.15) is 0 Å². The maximum atomic E-state index is 14.1. The van der Waals surface area contributed by atoms with Crippen LogP contribution >= 0.6 is 0 Å². The molecular formula is C21H35FO4. The number of aliphatic hydroxyl groups excluding tert-OH is 2. The molecule has 0 aromatic rings. The number of rotatable bonds is 13. The van der Waals surface area contributed by atoms with E-state index in [1.54, 1.807) is 13.0 Å². The largest absolute Gasteiger partial charge is 0.481 e. The van der Waals surface area contributed by atoms with E-state index in [4.69, 9.17) is 5.11 Å². The molecule has 2 unspecified atom stereocenters. The van der Waals surface area contributed by atoms with Crippen LogP contribution in [0.25, 0.3) is 0 Å². The van der Waals surface area contributed by atoms with Gasteiger partial charge in [0.15, 0.2) is 0 Å². The highest BCUT2D eigenvalue weighted by Crippen LogP contribution is 2.38. The summed E-state index contributed by atoms with van der Waals surface area (Å²) in [7, 11) is 0. The molecule has 0 bridgehead atoms. The van der Waals surface area contributed by atoms with E-state index in [-0.39, 0.29) is 24.4 Å². The van der Waals surface area contributed by atoms with Crippen molar-refractivity contribution < 1.29 is 24.5 Å². The van der Waals surface area contributed by atoms with Crippen molar-refractivity contribution >= 4 is 5.97 Å². The monoisotopic (exact) mass is 370 g/mol. The third kappa shape index (κ3) is 10.1. The van der Waals surface area contributed by atoms with E-state index in [1.165, 1.54) is 0 Å². The van der Waals surface area contributed by atoms with E-state index in [1.807, 2.05) is 18.2 Å². The van der Waals surface area contributed by atoms with Crippen molar-refractivity contribution in [3.63, 3.8) is 0 Å². The number of aliphatic hydroxyl groups is 2. The summed E-state index contributed by atoms with van der Waals surface area (Å²) in [6, 6.07) is 0. The fourth-order valence-electron chi connectivity index (χ4n) is 3.51. The highest BCUT2D eigenvalue weighted by atomic mass is 19.1. The highest BCUT2D eigenvalue weighted by molar-refractivity contribution is 5.66. The molecule has 0 aliphatic heterocycles. The fraction of sp³-hybridized carbons (Fsp3) is 0.762. The van der Waals surface area contributed by atoms with Gasteiger partial charge in [0.05, 0.1) is 12.2 Å². The lowest BCUT2D eigenvalue weighted by atomic mass is 9.91. The minimum atomic E-state index is -0.809. The Morgan fingerprint density at radius 2 is 1.88 bits per heavy atom. The molecule has 0 aromatic heterocycles. The number of carboxylic acids is 1. The first-order valence-electron chi connectivity index (χ1n) is 9.95.